The van der Waals surface area contributed by atoms with Gasteiger partial charge in [-0.3, -0.25) is 14.4 Å². The SMILES string of the molecule is CC(=O)Nc1ccc(S(=O)(=O)N2CCC(C(=O)NC(Cc3ccccc3)C(C)C(=O)O)(c3ccccc3)CC2)cc1. The van der Waals surface area contributed by atoms with E-state index in [1.54, 1.807) is 6.92 Å². The van der Waals surface area contributed by atoms with Crippen LogP contribution in [0, 0.1) is 5.92 Å². The van der Waals surface area contributed by atoms with Crippen molar-refractivity contribution in [3.63, 3.8) is 0 Å². The third-order valence-electron chi connectivity index (χ3n) is 7.76. The van der Waals surface area contributed by atoms with Gasteiger partial charge in [0.2, 0.25) is 21.8 Å². The van der Waals surface area contributed by atoms with Crippen molar-refractivity contribution in [1.82, 2.24) is 9.62 Å². The van der Waals surface area contributed by atoms with Gasteiger partial charge in [-0.15, -0.1) is 0 Å². The largest absolute Gasteiger partial charge is 0.481 e. The molecule has 0 spiro atoms. The normalized spacial score (nSPS) is 16.7. The van der Waals surface area contributed by atoms with Gasteiger partial charge in [-0.1, -0.05) is 60.7 Å². The summed E-state index contributed by atoms with van der Waals surface area (Å²) in [7, 11) is -3.84. The summed E-state index contributed by atoms with van der Waals surface area (Å²) in [6.07, 6.45) is 0.803. The molecule has 10 heteroatoms. The number of aliphatic carboxylic acids is 1. The number of carboxylic acids is 1. The van der Waals surface area contributed by atoms with Gasteiger partial charge in [0.05, 0.1) is 16.2 Å². The maximum absolute atomic E-state index is 14.1. The molecule has 216 valence electrons. The van der Waals surface area contributed by atoms with E-state index in [0.717, 1.165) is 11.1 Å². The second-order valence-electron chi connectivity index (χ2n) is 10.5. The number of piperidine rings is 1. The summed E-state index contributed by atoms with van der Waals surface area (Å²) in [6.45, 7) is 3.17. The molecule has 4 rings (SSSR count). The smallest absolute Gasteiger partial charge is 0.308 e. The molecule has 1 heterocycles. The molecule has 1 fully saturated rings. The van der Waals surface area contributed by atoms with Crippen LogP contribution in [0.3, 0.4) is 0 Å². The van der Waals surface area contributed by atoms with Gasteiger partial charge in [-0.05, 0) is 61.6 Å². The lowest BCUT2D eigenvalue weighted by molar-refractivity contribution is -0.142. The third-order valence-corrected chi connectivity index (χ3v) is 9.67. The van der Waals surface area contributed by atoms with Crippen molar-refractivity contribution in [1.29, 1.82) is 0 Å². The van der Waals surface area contributed by atoms with E-state index in [4.69, 9.17) is 0 Å². The minimum atomic E-state index is -3.84. The standard InChI is InChI=1S/C31H35N3O6S/c1-22(29(36)37)28(21-24-9-5-3-6-10-24)33-30(38)31(25-11-7-4-8-12-25)17-19-34(20-18-31)41(39,40)27-15-13-26(14-16-27)32-23(2)35/h3-16,22,28H,17-21H2,1-2H3,(H,32,35)(H,33,38)(H,36,37). The summed E-state index contributed by atoms with van der Waals surface area (Å²) < 4.78 is 28.3. The topological polar surface area (TPSA) is 133 Å². The van der Waals surface area contributed by atoms with Crippen LogP contribution >= 0.6 is 0 Å². The zero-order valence-corrected chi connectivity index (χ0v) is 23.9. The van der Waals surface area contributed by atoms with Crippen LogP contribution in [0.4, 0.5) is 5.69 Å². The summed E-state index contributed by atoms with van der Waals surface area (Å²) in [5, 5.41) is 15.4. The molecule has 0 saturated carbocycles. The lowest BCUT2D eigenvalue weighted by atomic mass is 9.72. The Morgan fingerprint density at radius 1 is 0.902 bits per heavy atom. The van der Waals surface area contributed by atoms with E-state index >= 15 is 0 Å². The first-order chi connectivity index (χ1) is 19.5. The van der Waals surface area contributed by atoms with Crippen molar-refractivity contribution in [2.75, 3.05) is 18.4 Å². The Morgan fingerprint density at radius 2 is 1.46 bits per heavy atom. The molecule has 0 aromatic heterocycles. The number of benzene rings is 3. The predicted molar refractivity (Wildman–Crippen MR) is 156 cm³/mol. The highest BCUT2D eigenvalue weighted by Crippen LogP contribution is 2.38. The molecule has 2 amide bonds. The van der Waals surface area contributed by atoms with E-state index in [-0.39, 0.29) is 42.6 Å². The summed E-state index contributed by atoms with van der Waals surface area (Å²) in [6, 6.07) is 24.0. The quantitative estimate of drug-likeness (QED) is 0.336. The van der Waals surface area contributed by atoms with Crippen molar-refractivity contribution >= 4 is 33.5 Å². The van der Waals surface area contributed by atoms with Crippen LogP contribution in [0.25, 0.3) is 0 Å². The number of carboxylic acid groups (broad SMARTS) is 1. The number of carbonyl (C=O) groups excluding carboxylic acids is 2. The first-order valence-corrected chi connectivity index (χ1v) is 15.0. The highest BCUT2D eigenvalue weighted by atomic mass is 32.2. The van der Waals surface area contributed by atoms with Crippen LogP contribution in [-0.2, 0) is 36.2 Å². The number of nitrogens with zero attached hydrogens (tertiary/aromatic N) is 1. The third kappa shape index (κ3) is 6.83. The van der Waals surface area contributed by atoms with E-state index in [9.17, 15) is 27.9 Å². The van der Waals surface area contributed by atoms with Crippen molar-refractivity contribution < 1.29 is 27.9 Å². The van der Waals surface area contributed by atoms with Crippen LogP contribution in [0.1, 0.15) is 37.8 Å². The number of rotatable bonds is 10. The van der Waals surface area contributed by atoms with Crippen LogP contribution in [0.2, 0.25) is 0 Å². The molecule has 1 aliphatic heterocycles. The Labute approximate surface area is 240 Å². The lowest BCUT2D eigenvalue weighted by Gasteiger charge is -2.41. The Morgan fingerprint density at radius 3 is 2.00 bits per heavy atom. The number of hydrogen-bond donors (Lipinski definition) is 3. The van der Waals surface area contributed by atoms with Crippen LogP contribution < -0.4 is 10.6 Å². The number of carbonyl (C=O) groups is 3. The highest BCUT2D eigenvalue weighted by Gasteiger charge is 2.46. The molecule has 9 nitrogen and oxygen atoms in total. The molecule has 0 radical (unpaired) electrons. The number of anilines is 1. The molecule has 2 atom stereocenters. The van der Waals surface area contributed by atoms with Gasteiger partial charge < -0.3 is 15.7 Å². The molecule has 1 saturated heterocycles. The van der Waals surface area contributed by atoms with Crippen LogP contribution in [-0.4, -0.2) is 54.7 Å². The number of amides is 2. The van der Waals surface area contributed by atoms with Gasteiger partial charge in [-0.2, -0.15) is 4.31 Å². The Kier molecular flexibility index (Phi) is 9.25. The molecular formula is C31H35N3O6S. The minimum absolute atomic E-state index is 0.0986. The molecule has 3 aromatic carbocycles. The first kappa shape index (κ1) is 30.0. The average molecular weight is 578 g/mol. The molecule has 0 bridgehead atoms. The van der Waals surface area contributed by atoms with E-state index < -0.39 is 33.4 Å². The fraction of sp³-hybridized carbons (Fsp3) is 0.323. The maximum atomic E-state index is 14.1. The van der Waals surface area contributed by atoms with Crippen molar-refractivity contribution in [3.8, 4) is 0 Å². The van der Waals surface area contributed by atoms with Crippen molar-refractivity contribution in [2.45, 2.75) is 49.5 Å². The summed E-state index contributed by atoms with van der Waals surface area (Å²) >= 11 is 0. The first-order valence-electron chi connectivity index (χ1n) is 13.5. The van der Waals surface area contributed by atoms with Gasteiger partial charge in [-0.25, -0.2) is 8.42 Å². The van der Waals surface area contributed by atoms with Crippen LogP contribution in [0.5, 0.6) is 0 Å². The zero-order valence-electron chi connectivity index (χ0n) is 23.1. The van der Waals surface area contributed by atoms with Gasteiger partial charge >= 0.3 is 5.97 Å². The molecule has 41 heavy (non-hydrogen) atoms. The Balaban J connectivity index is 1.58. The predicted octanol–water partition coefficient (Wildman–Crippen LogP) is 3.82. The van der Waals surface area contributed by atoms with E-state index in [2.05, 4.69) is 10.6 Å². The molecule has 1 aliphatic rings. The monoisotopic (exact) mass is 577 g/mol. The Hall–Kier alpha value is -4.02. The highest BCUT2D eigenvalue weighted by molar-refractivity contribution is 7.89. The average Bonchev–Trinajstić information content (AvgIpc) is 2.97. The van der Waals surface area contributed by atoms with Gasteiger partial charge in [0.15, 0.2) is 0 Å². The second kappa shape index (κ2) is 12.7. The summed E-state index contributed by atoms with van der Waals surface area (Å²) in [5.74, 6) is -2.41. The van der Waals surface area contributed by atoms with Gasteiger partial charge in [0.1, 0.15) is 0 Å². The molecule has 3 aromatic rings. The van der Waals surface area contributed by atoms with Gasteiger partial charge in [0, 0.05) is 31.7 Å². The molecular weight excluding hydrogens is 542 g/mol. The van der Waals surface area contributed by atoms with E-state index in [0.29, 0.717) is 12.1 Å². The number of hydrogen-bond acceptors (Lipinski definition) is 5. The number of nitrogens with one attached hydrogen (secondary N) is 2. The maximum Gasteiger partial charge on any atom is 0.308 e. The van der Waals surface area contributed by atoms with Crippen molar-refractivity contribution in [3.05, 3.63) is 96.1 Å². The molecule has 0 aliphatic carbocycles. The molecule has 3 N–H and O–H groups in total. The Bertz CT molecular complexity index is 1470. The zero-order chi connectivity index (χ0) is 29.6. The fourth-order valence-corrected chi connectivity index (χ4v) is 6.72. The van der Waals surface area contributed by atoms with E-state index in [1.165, 1.54) is 35.5 Å². The molecule has 2 unspecified atom stereocenters. The number of sulfonamides is 1. The van der Waals surface area contributed by atoms with Crippen molar-refractivity contribution in [2.24, 2.45) is 5.92 Å². The summed E-state index contributed by atoms with van der Waals surface area (Å²) in [4.78, 5) is 37.5. The second-order valence-corrected chi connectivity index (χ2v) is 12.4. The fourth-order valence-electron chi connectivity index (χ4n) is 5.27. The summed E-state index contributed by atoms with van der Waals surface area (Å²) in [5.41, 5.74) is 1.13. The lowest BCUT2D eigenvalue weighted by Crippen LogP contribution is -2.56. The minimum Gasteiger partial charge on any atom is -0.481 e. The van der Waals surface area contributed by atoms with E-state index in [1.807, 2.05) is 60.7 Å². The van der Waals surface area contributed by atoms with Crippen LogP contribution in [0.15, 0.2) is 89.8 Å². The van der Waals surface area contributed by atoms with Gasteiger partial charge in [0.25, 0.3) is 0 Å².